The normalized spacial score (nSPS) is 32.4. The fourth-order valence-corrected chi connectivity index (χ4v) is 6.79. The van der Waals surface area contributed by atoms with E-state index in [9.17, 15) is 8.42 Å². The van der Waals surface area contributed by atoms with Gasteiger partial charge in [0.2, 0.25) is 10.0 Å². The summed E-state index contributed by atoms with van der Waals surface area (Å²) in [6.45, 7) is 0. The third-order valence-corrected chi connectivity index (χ3v) is 8.11. The molecule has 8 heteroatoms. The molecule has 0 amide bonds. The Morgan fingerprint density at radius 2 is 2.18 bits per heavy atom. The molecule has 5 nitrogen and oxygen atoms in total. The Bertz CT molecular complexity index is 673. The summed E-state index contributed by atoms with van der Waals surface area (Å²) < 4.78 is 28.8. The van der Waals surface area contributed by atoms with Gasteiger partial charge in [-0.3, -0.25) is 0 Å². The van der Waals surface area contributed by atoms with E-state index in [0.717, 1.165) is 49.9 Å². The molecule has 0 saturated heterocycles. The van der Waals surface area contributed by atoms with Gasteiger partial charge in [0.05, 0.1) is 10.6 Å². The maximum atomic E-state index is 12.6. The van der Waals surface area contributed by atoms with E-state index in [1.165, 1.54) is 6.07 Å². The Labute approximate surface area is 139 Å². The van der Waals surface area contributed by atoms with Crippen LogP contribution in [0.3, 0.4) is 0 Å². The predicted molar refractivity (Wildman–Crippen MR) is 87.3 cm³/mol. The quantitative estimate of drug-likeness (QED) is 0.489. The highest BCUT2D eigenvalue weighted by molar-refractivity contribution is 7.91. The Morgan fingerprint density at radius 1 is 1.36 bits per heavy atom. The summed E-state index contributed by atoms with van der Waals surface area (Å²) in [5.74, 6) is 0.297. The molecule has 0 spiro atoms. The fraction of sp³-hybridized carbons (Fsp3) is 0.643. The molecule has 22 heavy (non-hydrogen) atoms. The van der Waals surface area contributed by atoms with Crippen molar-refractivity contribution in [1.82, 2.24) is 4.72 Å². The molecule has 2 N–H and O–H groups in total. The standard InChI is InChI=1S/C14H19ClN2O3S2/c15-11-4-5-12(21-11)22(19,20)17-13-10-3-1-2-7-14(13,8-6-10)9-16-18/h4-5,9-10,13,17-18H,1-3,6-8H2/b16-9+. The first-order chi connectivity index (χ1) is 10.5. The van der Waals surface area contributed by atoms with Crippen LogP contribution in [0.15, 0.2) is 21.5 Å². The minimum absolute atomic E-state index is 0.211. The second kappa shape index (κ2) is 6.11. The Balaban J connectivity index is 1.92. The number of thiophene rings is 1. The van der Waals surface area contributed by atoms with E-state index in [2.05, 4.69) is 9.88 Å². The van der Waals surface area contributed by atoms with Gasteiger partial charge in [-0.2, -0.15) is 0 Å². The summed E-state index contributed by atoms with van der Waals surface area (Å²) >= 11 is 6.91. The maximum Gasteiger partial charge on any atom is 0.250 e. The molecule has 1 aromatic heterocycles. The molecule has 3 atom stereocenters. The van der Waals surface area contributed by atoms with Gasteiger partial charge in [0.25, 0.3) is 0 Å². The van der Waals surface area contributed by atoms with Crippen molar-refractivity contribution in [1.29, 1.82) is 0 Å². The summed E-state index contributed by atoms with van der Waals surface area (Å²) in [7, 11) is -3.60. The minimum atomic E-state index is -3.60. The van der Waals surface area contributed by atoms with Crippen LogP contribution in [0, 0.1) is 11.3 Å². The van der Waals surface area contributed by atoms with Crippen molar-refractivity contribution in [2.75, 3.05) is 0 Å². The molecule has 2 fully saturated rings. The van der Waals surface area contributed by atoms with Crippen LogP contribution in [0.2, 0.25) is 4.34 Å². The van der Waals surface area contributed by atoms with Crippen molar-refractivity contribution in [2.45, 2.75) is 48.8 Å². The maximum absolute atomic E-state index is 12.6. The number of hydrogen-bond acceptors (Lipinski definition) is 5. The molecule has 1 heterocycles. The van der Waals surface area contributed by atoms with Gasteiger partial charge in [-0.1, -0.05) is 24.4 Å². The van der Waals surface area contributed by atoms with Crippen LogP contribution in [-0.4, -0.2) is 25.9 Å². The van der Waals surface area contributed by atoms with Gasteiger partial charge < -0.3 is 5.21 Å². The summed E-state index contributed by atoms with van der Waals surface area (Å²) in [6, 6.07) is 2.91. The van der Waals surface area contributed by atoms with Crippen LogP contribution in [0.1, 0.15) is 38.5 Å². The third kappa shape index (κ3) is 2.91. The van der Waals surface area contributed by atoms with Crippen LogP contribution in [0.25, 0.3) is 0 Å². The Hall–Kier alpha value is -0.630. The van der Waals surface area contributed by atoms with Crippen molar-refractivity contribution >= 4 is 39.2 Å². The molecule has 3 rings (SSSR count). The first-order valence-electron chi connectivity index (χ1n) is 7.43. The van der Waals surface area contributed by atoms with Gasteiger partial charge in [0.1, 0.15) is 4.21 Å². The minimum Gasteiger partial charge on any atom is -0.411 e. The molecule has 2 aliphatic rings. The second-order valence-corrected chi connectivity index (χ2v) is 9.84. The Morgan fingerprint density at radius 3 is 2.86 bits per heavy atom. The number of rotatable bonds is 4. The topological polar surface area (TPSA) is 78.8 Å². The van der Waals surface area contributed by atoms with Crippen LogP contribution in [-0.2, 0) is 10.0 Å². The highest BCUT2D eigenvalue weighted by atomic mass is 35.5. The van der Waals surface area contributed by atoms with Crippen LogP contribution in [0.4, 0.5) is 0 Å². The third-order valence-electron chi connectivity index (χ3n) is 4.95. The van der Waals surface area contributed by atoms with Gasteiger partial charge in [-0.25, -0.2) is 13.1 Å². The zero-order chi connectivity index (χ0) is 15.8. The number of nitrogens with one attached hydrogen (secondary N) is 1. The lowest BCUT2D eigenvalue weighted by molar-refractivity contribution is 0.285. The number of fused-ring (bicyclic) bond motifs is 2. The van der Waals surface area contributed by atoms with Crippen molar-refractivity contribution in [3.8, 4) is 0 Å². The number of hydrogen-bond donors (Lipinski definition) is 2. The summed E-state index contributed by atoms with van der Waals surface area (Å²) in [5.41, 5.74) is -0.371. The SMILES string of the molecule is O=S(=O)(NC1C2CCCCC1(/C=N/O)CC2)c1ccc(Cl)s1. The number of oxime groups is 1. The number of halogens is 1. The summed E-state index contributed by atoms with van der Waals surface area (Å²) in [4.78, 5) is 0. The average Bonchev–Trinajstić information content (AvgIpc) is 2.96. The Kier molecular flexibility index (Phi) is 4.51. The van der Waals surface area contributed by atoms with Crippen molar-refractivity contribution in [2.24, 2.45) is 16.5 Å². The van der Waals surface area contributed by atoms with E-state index in [-0.39, 0.29) is 15.7 Å². The van der Waals surface area contributed by atoms with Gasteiger partial charge in [-0.05, 0) is 43.7 Å². The van der Waals surface area contributed by atoms with E-state index < -0.39 is 10.0 Å². The van der Waals surface area contributed by atoms with E-state index in [0.29, 0.717) is 10.3 Å². The summed E-state index contributed by atoms with van der Waals surface area (Å²) in [6.07, 6.45) is 7.36. The highest BCUT2D eigenvalue weighted by Gasteiger charge is 2.50. The number of nitrogens with zero attached hydrogens (tertiary/aromatic N) is 1. The van der Waals surface area contributed by atoms with Crippen LogP contribution >= 0.6 is 22.9 Å². The predicted octanol–water partition coefficient (Wildman–Crippen LogP) is 3.48. The zero-order valence-corrected chi connectivity index (χ0v) is 14.4. The first-order valence-corrected chi connectivity index (χ1v) is 10.1. The molecule has 3 unspecified atom stereocenters. The lowest BCUT2D eigenvalue weighted by atomic mass is 9.80. The molecule has 2 bridgehead atoms. The molecule has 2 aliphatic carbocycles. The monoisotopic (exact) mass is 362 g/mol. The number of sulfonamides is 1. The molecule has 0 radical (unpaired) electrons. The van der Waals surface area contributed by atoms with E-state index in [1.807, 2.05) is 0 Å². The molecular formula is C14H19ClN2O3S2. The van der Waals surface area contributed by atoms with Gasteiger partial charge in [0, 0.05) is 11.5 Å². The van der Waals surface area contributed by atoms with Crippen molar-refractivity contribution < 1.29 is 13.6 Å². The molecule has 1 aromatic rings. The summed E-state index contributed by atoms with van der Waals surface area (Å²) in [5, 5.41) is 12.3. The van der Waals surface area contributed by atoms with E-state index in [4.69, 9.17) is 16.8 Å². The smallest absolute Gasteiger partial charge is 0.250 e. The van der Waals surface area contributed by atoms with E-state index in [1.54, 1.807) is 12.3 Å². The van der Waals surface area contributed by atoms with Gasteiger partial charge in [-0.15, -0.1) is 16.5 Å². The lowest BCUT2D eigenvalue weighted by Gasteiger charge is -2.32. The average molecular weight is 363 g/mol. The molecule has 0 aromatic carbocycles. The second-order valence-electron chi connectivity index (χ2n) is 6.18. The fourth-order valence-electron chi connectivity index (χ4n) is 3.90. The largest absolute Gasteiger partial charge is 0.411 e. The molecule has 2 saturated carbocycles. The van der Waals surface area contributed by atoms with Crippen LogP contribution < -0.4 is 4.72 Å². The molecule has 122 valence electrons. The molecular weight excluding hydrogens is 344 g/mol. The zero-order valence-electron chi connectivity index (χ0n) is 12.0. The van der Waals surface area contributed by atoms with Crippen molar-refractivity contribution in [3.63, 3.8) is 0 Å². The van der Waals surface area contributed by atoms with E-state index >= 15 is 0 Å². The lowest BCUT2D eigenvalue weighted by Crippen LogP contribution is -2.47. The van der Waals surface area contributed by atoms with Crippen molar-refractivity contribution in [3.05, 3.63) is 16.5 Å². The van der Waals surface area contributed by atoms with Crippen LogP contribution in [0.5, 0.6) is 0 Å². The first kappa shape index (κ1) is 16.2. The highest BCUT2D eigenvalue weighted by Crippen LogP contribution is 2.49. The van der Waals surface area contributed by atoms with Gasteiger partial charge >= 0.3 is 0 Å². The molecule has 0 aliphatic heterocycles. The van der Waals surface area contributed by atoms with Gasteiger partial charge in [0.15, 0.2) is 0 Å².